The number of carbonyl (C=O) groups excluding carboxylic acids is 2. The number of nitrogens with zero attached hydrogens (tertiary/aromatic N) is 2. The zero-order chi connectivity index (χ0) is 19.5. The molecule has 0 atom stereocenters. The van der Waals surface area contributed by atoms with Crippen molar-refractivity contribution in [1.82, 2.24) is 9.80 Å². The van der Waals surface area contributed by atoms with Gasteiger partial charge in [-0.15, -0.1) is 0 Å². The molecular weight excluding hydrogens is 356 g/mol. The van der Waals surface area contributed by atoms with Gasteiger partial charge in [-0.2, -0.15) is 0 Å². The fourth-order valence-corrected chi connectivity index (χ4v) is 3.75. The van der Waals surface area contributed by atoms with E-state index in [1.165, 1.54) is 18.2 Å². The van der Waals surface area contributed by atoms with Crippen LogP contribution in [0, 0.1) is 0 Å². The molecule has 4 rings (SSSR count). The van der Waals surface area contributed by atoms with E-state index in [9.17, 15) is 9.59 Å². The van der Waals surface area contributed by atoms with Gasteiger partial charge in [-0.05, 0) is 41.5 Å². The van der Waals surface area contributed by atoms with Gasteiger partial charge >= 0.3 is 5.97 Å². The van der Waals surface area contributed by atoms with Gasteiger partial charge in [0.25, 0.3) is 5.91 Å². The van der Waals surface area contributed by atoms with Crippen LogP contribution in [-0.2, 0) is 17.7 Å². The number of rotatable bonds is 4. The molecule has 6 heteroatoms. The zero-order valence-electron chi connectivity index (χ0n) is 16.0. The Bertz CT molecular complexity index is 871. The molecule has 0 N–H and O–H groups in total. The smallest absolute Gasteiger partial charge is 0.337 e. The number of piperazine rings is 1. The van der Waals surface area contributed by atoms with Crippen molar-refractivity contribution in [2.24, 2.45) is 0 Å². The van der Waals surface area contributed by atoms with Crippen molar-refractivity contribution in [2.45, 2.75) is 13.0 Å². The highest BCUT2D eigenvalue weighted by Crippen LogP contribution is 2.26. The molecule has 2 aliphatic rings. The fourth-order valence-electron chi connectivity index (χ4n) is 3.75. The van der Waals surface area contributed by atoms with E-state index in [4.69, 9.17) is 9.47 Å². The summed E-state index contributed by atoms with van der Waals surface area (Å²) in [5.74, 6) is 0.619. The van der Waals surface area contributed by atoms with Crippen molar-refractivity contribution in [3.05, 3.63) is 64.7 Å². The Kier molecular flexibility index (Phi) is 5.30. The van der Waals surface area contributed by atoms with Crippen LogP contribution in [0.5, 0.6) is 5.75 Å². The molecule has 0 bridgehead atoms. The summed E-state index contributed by atoms with van der Waals surface area (Å²) in [6.07, 6.45) is 0.986. The molecule has 2 aliphatic heterocycles. The van der Waals surface area contributed by atoms with Crippen LogP contribution in [0.3, 0.4) is 0 Å². The van der Waals surface area contributed by atoms with Crippen LogP contribution in [0.4, 0.5) is 0 Å². The van der Waals surface area contributed by atoms with Gasteiger partial charge in [0.15, 0.2) is 0 Å². The second kappa shape index (κ2) is 8.02. The second-order valence-electron chi connectivity index (χ2n) is 7.18. The first-order valence-corrected chi connectivity index (χ1v) is 9.58. The van der Waals surface area contributed by atoms with E-state index < -0.39 is 5.97 Å². The van der Waals surface area contributed by atoms with Gasteiger partial charge in [-0.25, -0.2) is 4.79 Å². The minimum absolute atomic E-state index is 0.00532. The summed E-state index contributed by atoms with van der Waals surface area (Å²) < 4.78 is 10.3. The van der Waals surface area contributed by atoms with E-state index >= 15 is 0 Å². The lowest BCUT2D eigenvalue weighted by molar-refractivity contribution is 0.0596. The Morgan fingerprint density at radius 3 is 2.43 bits per heavy atom. The van der Waals surface area contributed by atoms with Crippen LogP contribution in [0.2, 0.25) is 0 Å². The SMILES string of the molecule is COC(=O)c1ccc(C(=O)N2CCN(Cc3ccc4c(c3)CCO4)CC2)cc1. The summed E-state index contributed by atoms with van der Waals surface area (Å²) in [6, 6.07) is 13.1. The monoisotopic (exact) mass is 380 g/mol. The van der Waals surface area contributed by atoms with E-state index in [2.05, 4.69) is 23.1 Å². The number of hydrogen-bond donors (Lipinski definition) is 0. The molecule has 0 aliphatic carbocycles. The van der Waals surface area contributed by atoms with Crippen LogP contribution in [-0.4, -0.2) is 61.6 Å². The van der Waals surface area contributed by atoms with Crippen molar-refractivity contribution < 1.29 is 19.1 Å². The maximum atomic E-state index is 12.7. The normalized spacial score (nSPS) is 16.4. The first-order valence-electron chi connectivity index (χ1n) is 9.58. The molecule has 1 amide bonds. The minimum atomic E-state index is -0.397. The molecule has 146 valence electrons. The van der Waals surface area contributed by atoms with Gasteiger partial charge in [-0.3, -0.25) is 9.69 Å². The first-order chi connectivity index (χ1) is 13.6. The summed E-state index contributed by atoms with van der Waals surface area (Å²) in [7, 11) is 1.34. The number of ether oxygens (including phenoxy) is 2. The van der Waals surface area contributed by atoms with Gasteiger partial charge < -0.3 is 14.4 Å². The molecule has 0 saturated carbocycles. The third-order valence-electron chi connectivity index (χ3n) is 5.37. The summed E-state index contributed by atoms with van der Waals surface area (Å²) in [6.45, 7) is 4.76. The van der Waals surface area contributed by atoms with Gasteiger partial charge in [0.2, 0.25) is 0 Å². The fraction of sp³-hybridized carbons (Fsp3) is 0.364. The second-order valence-corrected chi connectivity index (χ2v) is 7.18. The quantitative estimate of drug-likeness (QED) is 0.762. The lowest BCUT2D eigenvalue weighted by atomic mass is 10.1. The molecule has 2 aromatic rings. The molecule has 2 aromatic carbocycles. The van der Waals surface area contributed by atoms with E-state index in [0.717, 1.165) is 38.4 Å². The van der Waals surface area contributed by atoms with Crippen molar-refractivity contribution in [3.63, 3.8) is 0 Å². The maximum Gasteiger partial charge on any atom is 0.337 e. The Morgan fingerprint density at radius 2 is 1.71 bits per heavy atom. The predicted octanol–water partition coefficient (Wildman–Crippen LogP) is 2.37. The Hall–Kier alpha value is -2.86. The van der Waals surface area contributed by atoms with Crippen molar-refractivity contribution >= 4 is 11.9 Å². The number of amides is 1. The van der Waals surface area contributed by atoms with Crippen LogP contribution in [0.25, 0.3) is 0 Å². The number of esters is 1. The van der Waals surface area contributed by atoms with Crippen molar-refractivity contribution in [3.8, 4) is 5.75 Å². The Balaban J connectivity index is 1.32. The highest BCUT2D eigenvalue weighted by Gasteiger charge is 2.23. The third kappa shape index (κ3) is 3.87. The van der Waals surface area contributed by atoms with Gasteiger partial charge in [0.1, 0.15) is 5.75 Å². The van der Waals surface area contributed by atoms with E-state index in [1.807, 2.05) is 4.90 Å². The largest absolute Gasteiger partial charge is 0.493 e. The molecule has 0 unspecified atom stereocenters. The predicted molar refractivity (Wildman–Crippen MR) is 105 cm³/mol. The molecule has 0 spiro atoms. The molecule has 0 aromatic heterocycles. The van der Waals surface area contributed by atoms with Crippen LogP contribution >= 0.6 is 0 Å². The average Bonchev–Trinajstić information content (AvgIpc) is 3.21. The molecule has 2 heterocycles. The highest BCUT2D eigenvalue weighted by atomic mass is 16.5. The lowest BCUT2D eigenvalue weighted by Gasteiger charge is -2.34. The van der Waals surface area contributed by atoms with Gasteiger partial charge in [0.05, 0.1) is 19.3 Å². The topological polar surface area (TPSA) is 59.1 Å². The maximum absolute atomic E-state index is 12.7. The molecule has 1 saturated heterocycles. The summed E-state index contributed by atoms with van der Waals surface area (Å²) in [5.41, 5.74) is 3.63. The van der Waals surface area contributed by atoms with Crippen LogP contribution in [0.15, 0.2) is 42.5 Å². The van der Waals surface area contributed by atoms with E-state index in [1.54, 1.807) is 24.3 Å². The van der Waals surface area contributed by atoms with Crippen molar-refractivity contribution in [1.29, 1.82) is 0 Å². The number of fused-ring (bicyclic) bond motifs is 1. The Labute approximate surface area is 164 Å². The average molecular weight is 380 g/mol. The van der Waals surface area contributed by atoms with Gasteiger partial charge in [-0.1, -0.05) is 12.1 Å². The van der Waals surface area contributed by atoms with E-state index in [-0.39, 0.29) is 5.91 Å². The molecule has 1 fully saturated rings. The number of carbonyl (C=O) groups is 2. The molecular formula is C22H24N2O4. The summed E-state index contributed by atoms with van der Waals surface area (Å²) >= 11 is 0. The third-order valence-corrected chi connectivity index (χ3v) is 5.37. The minimum Gasteiger partial charge on any atom is -0.493 e. The standard InChI is InChI=1S/C22H24N2O4/c1-27-22(26)18-5-3-17(4-6-18)21(25)24-11-9-23(10-12-24)15-16-2-7-20-19(14-16)8-13-28-20/h2-7,14H,8-13,15H2,1H3. The molecule has 0 radical (unpaired) electrons. The molecule has 6 nitrogen and oxygen atoms in total. The summed E-state index contributed by atoms with van der Waals surface area (Å²) in [4.78, 5) is 28.5. The number of benzene rings is 2. The van der Waals surface area contributed by atoms with Crippen LogP contribution in [0.1, 0.15) is 31.8 Å². The summed E-state index contributed by atoms with van der Waals surface area (Å²) in [5, 5.41) is 0. The molecule has 28 heavy (non-hydrogen) atoms. The van der Waals surface area contributed by atoms with Gasteiger partial charge in [0, 0.05) is 44.7 Å². The number of methoxy groups -OCH3 is 1. The van der Waals surface area contributed by atoms with E-state index in [0.29, 0.717) is 24.2 Å². The van der Waals surface area contributed by atoms with Crippen LogP contribution < -0.4 is 4.74 Å². The highest BCUT2D eigenvalue weighted by molar-refractivity contribution is 5.96. The first kappa shape index (κ1) is 18.5. The lowest BCUT2D eigenvalue weighted by Crippen LogP contribution is -2.48. The number of hydrogen-bond acceptors (Lipinski definition) is 5. The Morgan fingerprint density at radius 1 is 1.00 bits per heavy atom. The van der Waals surface area contributed by atoms with Crippen molar-refractivity contribution in [2.75, 3.05) is 39.9 Å². The zero-order valence-corrected chi connectivity index (χ0v) is 16.0.